The minimum Gasteiger partial charge on any atom is -0.469 e. The molecule has 0 bridgehead atoms. The second-order valence-electron chi connectivity index (χ2n) is 4.05. The highest BCUT2D eigenvalue weighted by atomic mass is 16.3. The van der Waals surface area contributed by atoms with Crippen LogP contribution in [0.15, 0.2) is 28.4 Å². The monoisotopic (exact) mass is 204 g/mol. The molecule has 1 heterocycles. The lowest BCUT2D eigenvalue weighted by Gasteiger charge is -2.02. The minimum absolute atomic E-state index is 0.156. The minimum atomic E-state index is 0.156. The number of carbonyl (C=O) groups excluding carboxylic acids is 1. The predicted molar refractivity (Wildman–Crippen MR) is 58.9 cm³/mol. The zero-order valence-electron chi connectivity index (χ0n) is 9.08. The van der Waals surface area contributed by atoms with Crippen LogP contribution in [0.2, 0.25) is 0 Å². The molecule has 1 aliphatic rings. The summed E-state index contributed by atoms with van der Waals surface area (Å²) in [5, 5.41) is 0. The second-order valence-corrected chi connectivity index (χ2v) is 4.05. The lowest BCUT2D eigenvalue weighted by molar-refractivity contribution is 0.102. The van der Waals surface area contributed by atoms with Gasteiger partial charge in [0.05, 0.1) is 11.8 Å². The maximum atomic E-state index is 12.1. The van der Waals surface area contributed by atoms with Gasteiger partial charge in [-0.05, 0) is 44.2 Å². The highest BCUT2D eigenvalue weighted by Crippen LogP contribution is 2.22. The second kappa shape index (κ2) is 4.47. The molecule has 1 aliphatic carbocycles. The molecule has 0 saturated heterocycles. The van der Waals surface area contributed by atoms with Crippen LogP contribution in [-0.4, -0.2) is 5.78 Å². The van der Waals surface area contributed by atoms with E-state index in [2.05, 4.69) is 6.08 Å². The molecule has 1 aromatic rings. The van der Waals surface area contributed by atoms with E-state index >= 15 is 0 Å². The van der Waals surface area contributed by atoms with Crippen molar-refractivity contribution in [1.29, 1.82) is 0 Å². The molecule has 15 heavy (non-hydrogen) atoms. The molecule has 0 fully saturated rings. The van der Waals surface area contributed by atoms with Gasteiger partial charge in [0, 0.05) is 0 Å². The Balaban J connectivity index is 2.20. The van der Waals surface area contributed by atoms with Crippen LogP contribution in [-0.2, 0) is 0 Å². The Labute approximate surface area is 90.0 Å². The smallest absolute Gasteiger partial charge is 0.192 e. The fourth-order valence-corrected chi connectivity index (χ4v) is 2.01. The van der Waals surface area contributed by atoms with E-state index in [1.807, 2.05) is 6.92 Å². The summed E-state index contributed by atoms with van der Waals surface area (Å²) < 4.78 is 5.16. The van der Waals surface area contributed by atoms with Crippen molar-refractivity contribution < 1.29 is 9.21 Å². The summed E-state index contributed by atoms with van der Waals surface area (Å²) in [5.74, 6) is 0.883. The Bertz CT molecular complexity index is 385. The van der Waals surface area contributed by atoms with E-state index in [1.54, 1.807) is 12.3 Å². The van der Waals surface area contributed by atoms with Crippen LogP contribution >= 0.6 is 0 Å². The Morgan fingerprint density at radius 3 is 2.93 bits per heavy atom. The van der Waals surface area contributed by atoms with Gasteiger partial charge in [-0.25, -0.2) is 0 Å². The third-order valence-electron chi connectivity index (χ3n) is 2.94. The van der Waals surface area contributed by atoms with E-state index in [9.17, 15) is 4.79 Å². The van der Waals surface area contributed by atoms with Crippen molar-refractivity contribution in [2.45, 2.75) is 39.0 Å². The van der Waals surface area contributed by atoms with Crippen LogP contribution < -0.4 is 0 Å². The highest BCUT2D eigenvalue weighted by molar-refractivity contribution is 6.09. The van der Waals surface area contributed by atoms with Gasteiger partial charge in [-0.3, -0.25) is 4.79 Å². The molecule has 2 rings (SSSR count). The maximum Gasteiger partial charge on any atom is 0.192 e. The molecule has 0 atom stereocenters. The van der Waals surface area contributed by atoms with Gasteiger partial charge in [0.2, 0.25) is 0 Å². The van der Waals surface area contributed by atoms with Gasteiger partial charge in [0.1, 0.15) is 5.76 Å². The number of ketones is 1. The fraction of sp³-hybridized carbons (Fsp3) is 0.462. The molecule has 2 nitrogen and oxygen atoms in total. The van der Waals surface area contributed by atoms with Crippen molar-refractivity contribution in [3.05, 3.63) is 35.3 Å². The van der Waals surface area contributed by atoms with Crippen LogP contribution in [0.3, 0.4) is 0 Å². The van der Waals surface area contributed by atoms with E-state index in [-0.39, 0.29) is 5.78 Å². The Morgan fingerprint density at radius 2 is 2.20 bits per heavy atom. The van der Waals surface area contributed by atoms with Crippen LogP contribution in [0.4, 0.5) is 0 Å². The first kappa shape index (κ1) is 10.2. The predicted octanol–water partition coefficient (Wildman–Crippen LogP) is 3.66. The number of hydrogen-bond acceptors (Lipinski definition) is 2. The van der Waals surface area contributed by atoms with Gasteiger partial charge in [-0.15, -0.1) is 0 Å². The number of Topliss-reactive ketones (excluding diaryl/α,β-unsaturated/α-hetero) is 1. The molecule has 0 radical (unpaired) electrons. The van der Waals surface area contributed by atoms with Crippen LogP contribution in [0.1, 0.15) is 48.2 Å². The van der Waals surface area contributed by atoms with Gasteiger partial charge in [0.15, 0.2) is 5.78 Å². The molecule has 1 aromatic heterocycles. The first-order valence-corrected chi connectivity index (χ1v) is 5.57. The van der Waals surface area contributed by atoms with E-state index in [0.29, 0.717) is 0 Å². The van der Waals surface area contributed by atoms with Crippen LogP contribution in [0.25, 0.3) is 0 Å². The van der Waals surface area contributed by atoms with E-state index in [4.69, 9.17) is 4.42 Å². The zero-order chi connectivity index (χ0) is 10.7. The number of carbonyl (C=O) groups is 1. The third-order valence-corrected chi connectivity index (χ3v) is 2.94. The van der Waals surface area contributed by atoms with Crippen molar-refractivity contribution >= 4 is 5.78 Å². The number of allylic oxidation sites excluding steroid dienone is 2. The molecule has 0 aromatic carbocycles. The number of furan rings is 1. The molecule has 0 N–H and O–H groups in total. The maximum absolute atomic E-state index is 12.1. The van der Waals surface area contributed by atoms with Gasteiger partial charge in [-0.1, -0.05) is 12.5 Å². The lowest BCUT2D eigenvalue weighted by atomic mass is 10.0. The summed E-state index contributed by atoms with van der Waals surface area (Å²) in [7, 11) is 0. The number of hydrogen-bond donors (Lipinski definition) is 0. The third kappa shape index (κ3) is 2.20. The molecule has 0 spiro atoms. The summed E-state index contributed by atoms with van der Waals surface area (Å²) in [6.07, 6.45) is 9.22. The van der Waals surface area contributed by atoms with E-state index < -0.39 is 0 Å². The number of rotatable bonds is 2. The molecule has 80 valence electrons. The molecule has 0 unspecified atom stereocenters. The summed E-state index contributed by atoms with van der Waals surface area (Å²) in [5.41, 5.74) is 1.69. The summed E-state index contributed by atoms with van der Waals surface area (Å²) in [6.45, 7) is 1.84. The quantitative estimate of drug-likeness (QED) is 0.688. The summed E-state index contributed by atoms with van der Waals surface area (Å²) in [4.78, 5) is 12.1. The van der Waals surface area contributed by atoms with Crippen molar-refractivity contribution in [2.24, 2.45) is 0 Å². The largest absolute Gasteiger partial charge is 0.469 e. The normalized spacial score (nSPS) is 17.0. The van der Waals surface area contributed by atoms with Gasteiger partial charge in [0.25, 0.3) is 0 Å². The van der Waals surface area contributed by atoms with Crippen molar-refractivity contribution in [1.82, 2.24) is 0 Å². The molecule has 0 saturated carbocycles. The Hall–Kier alpha value is -1.31. The molecule has 0 amide bonds. The van der Waals surface area contributed by atoms with Gasteiger partial charge >= 0.3 is 0 Å². The van der Waals surface area contributed by atoms with Crippen LogP contribution in [0.5, 0.6) is 0 Å². The SMILES string of the molecule is Cc1occc1C(=O)C1=CCCCCC1. The molecular weight excluding hydrogens is 188 g/mol. The molecule has 2 heteroatoms. The Kier molecular flexibility index (Phi) is 3.05. The lowest BCUT2D eigenvalue weighted by Crippen LogP contribution is -2.03. The number of aryl methyl sites for hydroxylation is 1. The Morgan fingerprint density at radius 1 is 1.33 bits per heavy atom. The topological polar surface area (TPSA) is 30.2 Å². The average Bonchev–Trinajstić information content (AvgIpc) is 2.53. The van der Waals surface area contributed by atoms with Crippen molar-refractivity contribution in [2.75, 3.05) is 0 Å². The molecule has 0 aliphatic heterocycles. The van der Waals surface area contributed by atoms with Crippen LogP contribution in [0, 0.1) is 6.92 Å². The standard InChI is InChI=1S/C13H16O2/c1-10-12(8-9-15-10)13(14)11-6-4-2-3-5-7-11/h6,8-9H,2-5,7H2,1H3. The highest BCUT2D eigenvalue weighted by Gasteiger charge is 2.16. The first-order chi connectivity index (χ1) is 7.29. The summed E-state index contributed by atoms with van der Waals surface area (Å²) in [6, 6.07) is 1.77. The van der Waals surface area contributed by atoms with Crippen molar-refractivity contribution in [3.63, 3.8) is 0 Å². The zero-order valence-corrected chi connectivity index (χ0v) is 9.08. The van der Waals surface area contributed by atoms with Gasteiger partial charge in [-0.2, -0.15) is 0 Å². The fourth-order valence-electron chi connectivity index (χ4n) is 2.01. The molecular formula is C13H16O2. The van der Waals surface area contributed by atoms with E-state index in [1.165, 1.54) is 12.8 Å². The average molecular weight is 204 g/mol. The van der Waals surface area contributed by atoms with Crippen molar-refractivity contribution in [3.8, 4) is 0 Å². The summed E-state index contributed by atoms with van der Waals surface area (Å²) >= 11 is 0. The first-order valence-electron chi connectivity index (χ1n) is 5.57. The van der Waals surface area contributed by atoms with E-state index in [0.717, 1.165) is 36.2 Å². The van der Waals surface area contributed by atoms with Gasteiger partial charge < -0.3 is 4.42 Å².